The summed E-state index contributed by atoms with van der Waals surface area (Å²) in [5.74, 6) is -4.38. The molecule has 0 bridgehead atoms. The summed E-state index contributed by atoms with van der Waals surface area (Å²) in [6, 6.07) is 12.4. The van der Waals surface area contributed by atoms with Crippen LogP contribution in [0.3, 0.4) is 0 Å². The number of amides is 1. The maximum atomic E-state index is 14.7. The zero-order valence-electron chi connectivity index (χ0n) is 23.7. The second-order valence-corrected chi connectivity index (χ2v) is 10.7. The number of aromatic nitrogens is 2. The first-order chi connectivity index (χ1) is 19.5. The van der Waals surface area contributed by atoms with Gasteiger partial charge in [0.25, 0.3) is 5.91 Å². The number of rotatable bonds is 9. The molecule has 0 unspecified atom stereocenters. The van der Waals surface area contributed by atoms with E-state index in [1.165, 1.54) is 11.6 Å². The van der Waals surface area contributed by atoms with Gasteiger partial charge in [-0.15, -0.1) is 0 Å². The molecule has 0 radical (unpaired) electrons. The molecule has 4 N–H and O–H groups in total. The zero-order chi connectivity index (χ0) is 31.8. The van der Waals surface area contributed by atoms with E-state index in [0.717, 1.165) is 29.3 Å². The van der Waals surface area contributed by atoms with Crippen LogP contribution in [0.15, 0.2) is 54.7 Å². The predicted molar refractivity (Wildman–Crippen MR) is 146 cm³/mol. The fraction of sp³-hybridized carbons (Fsp3) is 0.414. The van der Waals surface area contributed by atoms with Crippen molar-refractivity contribution in [3.8, 4) is 5.69 Å². The number of carbonyl (C=O) groups is 2. The quantitative estimate of drug-likeness (QED) is 0.298. The van der Waals surface area contributed by atoms with Crippen molar-refractivity contribution in [2.75, 3.05) is 13.1 Å². The highest BCUT2D eigenvalue weighted by atomic mass is 19.4. The molecule has 0 aliphatic heterocycles. The van der Waals surface area contributed by atoms with Crippen LogP contribution >= 0.6 is 0 Å². The number of halogens is 5. The number of carboxylic acids is 1. The smallest absolute Gasteiger partial charge is 0.475 e. The summed E-state index contributed by atoms with van der Waals surface area (Å²) in [6.07, 6.45) is -3.59. The molecule has 3 rings (SSSR count). The molecule has 0 saturated heterocycles. The Bertz CT molecular complexity index is 1340. The summed E-state index contributed by atoms with van der Waals surface area (Å²) < 4.78 is 61.7. The maximum absolute atomic E-state index is 14.7. The highest BCUT2D eigenvalue weighted by Gasteiger charge is 2.39. The zero-order valence-corrected chi connectivity index (χ0v) is 23.7. The second-order valence-electron chi connectivity index (χ2n) is 10.7. The molecule has 0 fully saturated rings. The Morgan fingerprint density at radius 1 is 1.07 bits per heavy atom. The number of nitrogens with two attached hydrogens (primary N) is 1. The summed E-state index contributed by atoms with van der Waals surface area (Å²) in [7, 11) is 0. The Morgan fingerprint density at radius 3 is 2.17 bits per heavy atom. The standard InChI is InChI=1S/C27H34F2N4O2.C2HF3O2/c1-18(34)26(35)32(14-8-13-30)25(27(2,3)4)24-20(15-19-9-6-5-7-10-19)17-33(31-24)23-16-21(28)11-12-22(23)29;3-2(4,5)1(6)7/h5-7,9-12,16-18,25,34H,8,13-15,30H2,1-4H3;(H,6,7)/t18-,25-;/m0./s1. The molecule has 1 aromatic heterocycles. The molecule has 42 heavy (non-hydrogen) atoms. The molecule has 2 atom stereocenters. The van der Waals surface area contributed by atoms with Crippen LogP contribution < -0.4 is 5.73 Å². The third-order valence-electron chi connectivity index (χ3n) is 6.09. The minimum absolute atomic E-state index is 0.0198. The molecular weight excluding hydrogens is 563 g/mol. The van der Waals surface area contributed by atoms with Gasteiger partial charge < -0.3 is 20.8 Å². The van der Waals surface area contributed by atoms with Crippen LogP contribution in [0.1, 0.15) is 57.0 Å². The van der Waals surface area contributed by atoms with Crippen molar-refractivity contribution < 1.29 is 41.8 Å². The molecule has 1 heterocycles. The fourth-order valence-electron chi connectivity index (χ4n) is 4.28. The lowest BCUT2D eigenvalue weighted by Gasteiger charge is -2.40. The molecule has 1 amide bonds. The highest BCUT2D eigenvalue weighted by molar-refractivity contribution is 5.80. The van der Waals surface area contributed by atoms with E-state index >= 15 is 0 Å². The predicted octanol–water partition coefficient (Wildman–Crippen LogP) is 5.02. The van der Waals surface area contributed by atoms with Gasteiger partial charge in [-0.3, -0.25) is 4.79 Å². The molecule has 0 spiro atoms. The SMILES string of the molecule is C[C@H](O)C(=O)N(CCCN)[C@@H](c1nn(-c2cc(F)ccc2F)cc1Cc1ccccc1)C(C)(C)C.O=C(O)C(F)(F)F. The maximum Gasteiger partial charge on any atom is 0.490 e. The van der Waals surface area contributed by atoms with E-state index in [9.17, 15) is 31.9 Å². The van der Waals surface area contributed by atoms with E-state index in [0.29, 0.717) is 31.6 Å². The van der Waals surface area contributed by atoms with Gasteiger partial charge in [-0.2, -0.15) is 18.3 Å². The van der Waals surface area contributed by atoms with Crippen LogP contribution in [-0.2, 0) is 16.0 Å². The fourth-order valence-corrected chi connectivity index (χ4v) is 4.28. The first kappa shape index (κ1) is 34.4. The van der Waals surface area contributed by atoms with E-state index in [1.807, 2.05) is 51.1 Å². The number of carboxylic acid groups (broad SMARTS) is 1. The molecule has 13 heteroatoms. The van der Waals surface area contributed by atoms with Crippen molar-refractivity contribution >= 4 is 11.9 Å². The first-order valence-corrected chi connectivity index (χ1v) is 13.0. The molecule has 0 aliphatic rings. The number of nitrogens with zero attached hydrogens (tertiary/aromatic N) is 3. The van der Waals surface area contributed by atoms with Crippen LogP contribution in [-0.4, -0.2) is 62.1 Å². The van der Waals surface area contributed by atoms with Crippen molar-refractivity contribution in [2.24, 2.45) is 11.1 Å². The normalized spacial score (nSPS) is 13.1. The van der Waals surface area contributed by atoms with Crippen molar-refractivity contribution in [3.63, 3.8) is 0 Å². The van der Waals surface area contributed by atoms with E-state index < -0.39 is 47.2 Å². The van der Waals surface area contributed by atoms with Gasteiger partial charge in [0.1, 0.15) is 23.4 Å². The van der Waals surface area contributed by atoms with Crippen molar-refractivity contribution in [2.45, 2.75) is 58.9 Å². The summed E-state index contributed by atoms with van der Waals surface area (Å²) in [5, 5.41) is 22.0. The minimum atomic E-state index is -5.08. The van der Waals surface area contributed by atoms with Crippen LogP contribution in [0, 0.1) is 17.0 Å². The van der Waals surface area contributed by atoms with Gasteiger partial charge in [-0.1, -0.05) is 51.1 Å². The lowest BCUT2D eigenvalue weighted by molar-refractivity contribution is -0.192. The average Bonchev–Trinajstić information content (AvgIpc) is 3.29. The Kier molecular flexibility index (Phi) is 11.8. The first-order valence-electron chi connectivity index (χ1n) is 13.0. The Morgan fingerprint density at radius 2 is 1.67 bits per heavy atom. The summed E-state index contributed by atoms with van der Waals surface area (Å²) in [4.78, 5) is 23.7. The second kappa shape index (κ2) is 14.4. The lowest BCUT2D eigenvalue weighted by Crippen LogP contribution is -2.46. The van der Waals surface area contributed by atoms with Crippen LogP contribution in [0.2, 0.25) is 0 Å². The average molecular weight is 599 g/mol. The number of hydrogen-bond donors (Lipinski definition) is 3. The number of aliphatic hydroxyl groups is 1. The van der Waals surface area contributed by atoms with E-state index in [2.05, 4.69) is 0 Å². The Hall–Kier alpha value is -3.84. The number of hydrogen-bond acceptors (Lipinski definition) is 5. The van der Waals surface area contributed by atoms with Crippen LogP contribution in [0.4, 0.5) is 22.0 Å². The van der Waals surface area contributed by atoms with Gasteiger partial charge in [0, 0.05) is 30.8 Å². The topological polar surface area (TPSA) is 122 Å². The van der Waals surface area contributed by atoms with Crippen LogP contribution in [0.5, 0.6) is 0 Å². The third kappa shape index (κ3) is 9.35. The molecule has 2 aromatic carbocycles. The lowest BCUT2D eigenvalue weighted by atomic mass is 9.81. The van der Waals surface area contributed by atoms with Crippen molar-refractivity contribution in [3.05, 3.63) is 83.2 Å². The van der Waals surface area contributed by atoms with E-state index in [1.54, 1.807) is 11.1 Å². The number of alkyl halides is 3. The van der Waals surface area contributed by atoms with Gasteiger partial charge in [-0.05, 0) is 43.0 Å². The minimum Gasteiger partial charge on any atom is -0.475 e. The number of aliphatic hydroxyl groups excluding tert-OH is 1. The van der Waals surface area contributed by atoms with Crippen LogP contribution in [0.25, 0.3) is 5.69 Å². The van der Waals surface area contributed by atoms with Gasteiger partial charge in [0.05, 0.1) is 11.7 Å². The Balaban J connectivity index is 0.000000782. The summed E-state index contributed by atoms with van der Waals surface area (Å²) in [5.41, 5.74) is 7.58. The van der Waals surface area contributed by atoms with Gasteiger partial charge >= 0.3 is 12.1 Å². The molecule has 230 valence electrons. The largest absolute Gasteiger partial charge is 0.490 e. The van der Waals surface area contributed by atoms with Crippen molar-refractivity contribution in [1.29, 1.82) is 0 Å². The molecule has 0 aliphatic carbocycles. The highest BCUT2D eigenvalue weighted by Crippen LogP contribution is 2.40. The third-order valence-corrected chi connectivity index (χ3v) is 6.09. The van der Waals surface area contributed by atoms with Gasteiger partial charge in [0.2, 0.25) is 0 Å². The van der Waals surface area contributed by atoms with E-state index in [-0.39, 0.29) is 5.69 Å². The molecular formula is C29H35F5N4O4. The van der Waals surface area contributed by atoms with Gasteiger partial charge in [-0.25, -0.2) is 18.3 Å². The monoisotopic (exact) mass is 598 g/mol. The number of aliphatic carboxylic acids is 1. The molecule has 0 saturated carbocycles. The number of carbonyl (C=O) groups excluding carboxylic acids is 1. The summed E-state index contributed by atoms with van der Waals surface area (Å²) in [6.45, 7) is 8.08. The number of benzene rings is 2. The molecule has 8 nitrogen and oxygen atoms in total. The Labute approximate surface area is 240 Å². The van der Waals surface area contributed by atoms with Gasteiger partial charge in [0.15, 0.2) is 0 Å². The van der Waals surface area contributed by atoms with E-state index in [4.69, 9.17) is 20.7 Å². The van der Waals surface area contributed by atoms with Crippen molar-refractivity contribution in [1.82, 2.24) is 14.7 Å². The molecule has 3 aromatic rings. The summed E-state index contributed by atoms with van der Waals surface area (Å²) >= 11 is 0.